The van der Waals surface area contributed by atoms with Gasteiger partial charge in [-0.15, -0.1) is 5.10 Å². The fourth-order valence-corrected chi connectivity index (χ4v) is 1.83. The van der Waals surface area contributed by atoms with Crippen molar-refractivity contribution in [1.82, 2.24) is 9.78 Å². The van der Waals surface area contributed by atoms with Gasteiger partial charge in [-0.05, 0) is 24.3 Å². The first kappa shape index (κ1) is 13.7. The number of carbonyl (C=O) groups excluding carboxylic acids is 1. The van der Waals surface area contributed by atoms with Crippen LogP contribution in [0.2, 0.25) is 0 Å². The molecule has 2 rings (SSSR count). The highest BCUT2D eigenvalue weighted by atomic mass is 16.5. The first-order valence-corrected chi connectivity index (χ1v) is 5.91. The third kappa shape index (κ3) is 2.25. The molecule has 106 valence electrons. The lowest BCUT2D eigenvalue weighted by Crippen LogP contribution is -2.08. The largest absolute Gasteiger partial charge is 0.497 e. The standard InChI is InChI=1S/C13H16N4O3/c1-15-12-10(13(18)20-3)11(14)17(16-12)8-4-6-9(19-2)7-5-8/h4-7H,14H2,1-3H3,(H,15,16). The number of anilines is 2. The van der Waals surface area contributed by atoms with E-state index in [4.69, 9.17) is 15.2 Å². The van der Waals surface area contributed by atoms with Crippen LogP contribution in [0.5, 0.6) is 5.75 Å². The molecule has 7 nitrogen and oxygen atoms in total. The van der Waals surface area contributed by atoms with Gasteiger partial charge in [-0.2, -0.15) is 0 Å². The van der Waals surface area contributed by atoms with Crippen molar-refractivity contribution in [1.29, 1.82) is 0 Å². The van der Waals surface area contributed by atoms with Crippen LogP contribution in [0.3, 0.4) is 0 Å². The normalized spacial score (nSPS) is 10.2. The molecule has 2 aromatic rings. The molecule has 1 heterocycles. The van der Waals surface area contributed by atoms with Crippen molar-refractivity contribution < 1.29 is 14.3 Å². The summed E-state index contributed by atoms with van der Waals surface area (Å²) < 4.78 is 11.3. The van der Waals surface area contributed by atoms with E-state index in [2.05, 4.69) is 10.4 Å². The quantitative estimate of drug-likeness (QED) is 0.818. The molecule has 0 aliphatic rings. The molecule has 0 bridgehead atoms. The number of ether oxygens (including phenoxy) is 2. The van der Waals surface area contributed by atoms with E-state index in [0.717, 1.165) is 11.4 Å². The van der Waals surface area contributed by atoms with Crippen molar-refractivity contribution in [3.8, 4) is 11.4 Å². The number of benzene rings is 1. The van der Waals surface area contributed by atoms with Gasteiger partial charge in [0.25, 0.3) is 0 Å². The van der Waals surface area contributed by atoms with Crippen molar-refractivity contribution in [2.45, 2.75) is 0 Å². The molecule has 0 saturated carbocycles. The summed E-state index contributed by atoms with van der Waals surface area (Å²) in [6.07, 6.45) is 0. The summed E-state index contributed by atoms with van der Waals surface area (Å²) in [5.41, 5.74) is 6.92. The lowest BCUT2D eigenvalue weighted by Gasteiger charge is -2.05. The maximum Gasteiger partial charge on any atom is 0.345 e. The zero-order valence-electron chi connectivity index (χ0n) is 11.5. The van der Waals surface area contributed by atoms with Gasteiger partial charge >= 0.3 is 5.97 Å². The van der Waals surface area contributed by atoms with Gasteiger partial charge in [-0.3, -0.25) is 0 Å². The third-order valence-corrected chi connectivity index (χ3v) is 2.86. The predicted octanol–water partition coefficient (Wildman–Crippen LogP) is 1.29. The molecule has 0 unspecified atom stereocenters. The number of aromatic nitrogens is 2. The van der Waals surface area contributed by atoms with Crippen LogP contribution in [0, 0.1) is 0 Å². The van der Waals surface area contributed by atoms with E-state index in [1.807, 2.05) is 0 Å². The van der Waals surface area contributed by atoms with Crippen molar-refractivity contribution >= 4 is 17.6 Å². The maximum absolute atomic E-state index is 11.7. The molecule has 1 aromatic heterocycles. The molecule has 0 atom stereocenters. The lowest BCUT2D eigenvalue weighted by molar-refractivity contribution is 0.0603. The third-order valence-electron chi connectivity index (χ3n) is 2.86. The molecular weight excluding hydrogens is 260 g/mol. The Hall–Kier alpha value is -2.70. The van der Waals surface area contributed by atoms with Gasteiger partial charge in [0.1, 0.15) is 17.1 Å². The zero-order valence-corrected chi connectivity index (χ0v) is 11.5. The Morgan fingerprint density at radius 2 is 1.95 bits per heavy atom. The van der Waals surface area contributed by atoms with Crippen LogP contribution >= 0.6 is 0 Å². The first-order chi connectivity index (χ1) is 9.62. The van der Waals surface area contributed by atoms with Gasteiger partial charge < -0.3 is 20.5 Å². The molecule has 20 heavy (non-hydrogen) atoms. The number of nitrogens with zero attached hydrogens (tertiary/aromatic N) is 2. The fourth-order valence-electron chi connectivity index (χ4n) is 1.83. The number of hydrogen-bond acceptors (Lipinski definition) is 6. The Bertz CT molecular complexity index is 619. The second kappa shape index (κ2) is 5.52. The predicted molar refractivity (Wildman–Crippen MR) is 75.4 cm³/mol. The molecule has 0 amide bonds. The topological polar surface area (TPSA) is 91.4 Å². The molecule has 7 heteroatoms. The van der Waals surface area contributed by atoms with Crippen molar-refractivity contribution in [3.63, 3.8) is 0 Å². The zero-order chi connectivity index (χ0) is 14.7. The van der Waals surface area contributed by atoms with E-state index in [9.17, 15) is 4.79 Å². The van der Waals surface area contributed by atoms with Gasteiger partial charge in [0.15, 0.2) is 5.82 Å². The van der Waals surface area contributed by atoms with E-state index >= 15 is 0 Å². The Balaban J connectivity index is 2.51. The van der Waals surface area contributed by atoms with Crippen molar-refractivity contribution in [3.05, 3.63) is 29.8 Å². The SMILES string of the molecule is CNc1nn(-c2ccc(OC)cc2)c(N)c1C(=O)OC. The van der Waals surface area contributed by atoms with Crippen LogP contribution in [0.1, 0.15) is 10.4 Å². The van der Waals surface area contributed by atoms with Gasteiger partial charge in [-0.1, -0.05) is 0 Å². The smallest absolute Gasteiger partial charge is 0.345 e. The van der Waals surface area contributed by atoms with Gasteiger partial charge in [-0.25, -0.2) is 9.48 Å². The Morgan fingerprint density at radius 1 is 1.30 bits per heavy atom. The summed E-state index contributed by atoms with van der Waals surface area (Å²) >= 11 is 0. The van der Waals surface area contributed by atoms with E-state index < -0.39 is 5.97 Å². The number of methoxy groups -OCH3 is 2. The summed E-state index contributed by atoms with van der Waals surface area (Å²) in [4.78, 5) is 11.7. The lowest BCUT2D eigenvalue weighted by atomic mass is 10.3. The molecular formula is C13H16N4O3. The number of hydrogen-bond donors (Lipinski definition) is 2. The Morgan fingerprint density at radius 3 is 2.45 bits per heavy atom. The summed E-state index contributed by atoms with van der Waals surface area (Å²) in [6, 6.07) is 7.16. The molecule has 0 saturated heterocycles. The summed E-state index contributed by atoms with van der Waals surface area (Å²) in [5.74, 6) is 0.768. The van der Waals surface area contributed by atoms with Crippen LogP contribution in [0.4, 0.5) is 11.6 Å². The van der Waals surface area contributed by atoms with Crippen LogP contribution in [-0.4, -0.2) is 37.0 Å². The van der Waals surface area contributed by atoms with Crippen molar-refractivity contribution in [2.75, 3.05) is 32.3 Å². The van der Waals surface area contributed by atoms with Gasteiger partial charge in [0.05, 0.1) is 19.9 Å². The molecule has 0 spiro atoms. The number of rotatable bonds is 4. The van der Waals surface area contributed by atoms with Crippen molar-refractivity contribution in [2.24, 2.45) is 0 Å². The molecule has 0 fully saturated rings. The average molecular weight is 276 g/mol. The maximum atomic E-state index is 11.7. The number of nitrogen functional groups attached to an aromatic ring is 1. The number of nitrogens with two attached hydrogens (primary N) is 1. The second-order valence-corrected chi connectivity index (χ2v) is 3.96. The van der Waals surface area contributed by atoms with E-state index in [1.54, 1.807) is 38.4 Å². The highest BCUT2D eigenvalue weighted by molar-refractivity contribution is 5.99. The number of esters is 1. The minimum atomic E-state index is -0.536. The molecule has 0 aliphatic carbocycles. The first-order valence-electron chi connectivity index (χ1n) is 5.91. The van der Waals surface area contributed by atoms with Crippen LogP contribution < -0.4 is 15.8 Å². The van der Waals surface area contributed by atoms with E-state index in [1.165, 1.54) is 11.8 Å². The van der Waals surface area contributed by atoms with Gasteiger partial charge in [0, 0.05) is 7.05 Å². The molecule has 0 radical (unpaired) electrons. The van der Waals surface area contributed by atoms with Crippen LogP contribution in [-0.2, 0) is 4.74 Å². The Kier molecular flexibility index (Phi) is 3.79. The van der Waals surface area contributed by atoms with Crippen LogP contribution in [0.25, 0.3) is 5.69 Å². The minimum absolute atomic E-state index is 0.214. The molecule has 0 aliphatic heterocycles. The average Bonchev–Trinajstić information content (AvgIpc) is 2.83. The summed E-state index contributed by atoms with van der Waals surface area (Å²) in [7, 11) is 4.55. The second-order valence-electron chi connectivity index (χ2n) is 3.96. The monoisotopic (exact) mass is 276 g/mol. The minimum Gasteiger partial charge on any atom is -0.497 e. The van der Waals surface area contributed by atoms with Gasteiger partial charge in [0.2, 0.25) is 0 Å². The van der Waals surface area contributed by atoms with E-state index in [0.29, 0.717) is 5.82 Å². The molecule has 1 aromatic carbocycles. The Labute approximate surface area is 116 Å². The fraction of sp³-hybridized carbons (Fsp3) is 0.231. The highest BCUT2D eigenvalue weighted by Crippen LogP contribution is 2.26. The van der Waals surface area contributed by atoms with E-state index in [-0.39, 0.29) is 11.4 Å². The summed E-state index contributed by atoms with van der Waals surface area (Å²) in [6.45, 7) is 0. The number of carbonyl (C=O) groups is 1. The molecule has 3 N–H and O–H groups in total. The van der Waals surface area contributed by atoms with Crippen LogP contribution in [0.15, 0.2) is 24.3 Å². The number of nitrogens with one attached hydrogen (secondary N) is 1. The highest BCUT2D eigenvalue weighted by Gasteiger charge is 2.22. The summed E-state index contributed by atoms with van der Waals surface area (Å²) in [5, 5.41) is 7.09.